The summed E-state index contributed by atoms with van der Waals surface area (Å²) in [5.41, 5.74) is 1.71. The molecule has 1 saturated heterocycles. The first-order valence-electron chi connectivity index (χ1n) is 9.46. The zero-order valence-electron chi connectivity index (χ0n) is 16.8. The number of hydrogen-bond donors (Lipinski definition) is 2. The summed E-state index contributed by atoms with van der Waals surface area (Å²) in [5, 5.41) is 5.35. The average Bonchev–Trinajstić information content (AvgIpc) is 2.90. The Morgan fingerprint density at radius 3 is 2.25 bits per heavy atom. The van der Waals surface area contributed by atoms with E-state index < -0.39 is 42.5 Å². The monoisotopic (exact) mass is 389 g/mol. The Balaban J connectivity index is 1.93. The number of esters is 1. The summed E-state index contributed by atoms with van der Waals surface area (Å²) < 4.78 is 4.96. The quantitative estimate of drug-likeness (QED) is 0.523. The lowest BCUT2D eigenvalue weighted by Gasteiger charge is -2.19. The van der Waals surface area contributed by atoms with Gasteiger partial charge in [0.2, 0.25) is 0 Å². The number of nitrogens with one attached hydrogen (secondary N) is 2. The van der Waals surface area contributed by atoms with Crippen LogP contribution in [0.4, 0.5) is 10.5 Å². The van der Waals surface area contributed by atoms with E-state index in [1.165, 1.54) is 0 Å². The maximum atomic E-state index is 12.3. The summed E-state index contributed by atoms with van der Waals surface area (Å²) in [6.45, 7) is 6.33. The molecule has 1 heterocycles. The van der Waals surface area contributed by atoms with Crippen molar-refractivity contribution in [2.24, 2.45) is 0 Å². The molecule has 1 aromatic carbocycles. The molecule has 0 bridgehead atoms. The Kier molecular flexibility index (Phi) is 6.77. The highest BCUT2D eigenvalue weighted by Gasteiger charge is 2.47. The van der Waals surface area contributed by atoms with Crippen molar-refractivity contribution in [1.82, 2.24) is 10.2 Å². The van der Waals surface area contributed by atoms with E-state index in [1.807, 2.05) is 32.0 Å². The van der Waals surface area contributed by atoms with Gasteiger partial charge in [-0.05, 0) is 37.3 Å². The number of imide groups is 1. The molecule has 2 N–H and O–H groups in total. The summed E-state index contributed by atoms with van der Waals surface area (Å²) in [6, 6.07) is 5.17. The van der Waals surface area contributed by atoms with Crippen LogP contribution in [0.3, 0.4) is 0 Å². The number of nitrogens with zero attached hydrogens (tertiary/aromatic N) is 1. The second-order valence-corrected chi connectivity index (χ2v) is 6.87. The maximum Gasteiger partial charge on any atom is 0.326 e. The molecule has 4 amide bonds. The van der Waals surface area contributed by atoms with Crippen molar-refractivity contribution < 1.29 is 23.9 Å². The first kappa shape index (κ1) is 21.4. The van der Waals surface area contributed by atoms with Crippen LogP contribution in [0.2, 0.25) is 0 Å². The lowest BCUT2D eigenvalue weighted by molar-refractivity contribution is -0.150. The van der Waals surface area contributed by atoms with Crippen molar-refractivity contribution in [1.29, 1.82) is 0 Å². The molecule has 1 aliphatic heterocycles. The normalized spacial score (nSPS) is 18.8. The number of amides is 4. The molecular weight excluding hydrogens is 362 g/mol. The largest absolute Gasteiger partial charge is 0.454 e. The van der Waals surface area contributed by atoms with Crippen LogP contribution in [0.5, 0.6) is 0 Å². The van der Waals surface area contributed by atoms with Gasteiger partial charge in [-0.2, -0.15) is 0 Å². The summed E-state index contributed by atoms with van der Waals surface area (Å²) in [5.74, 6) is -1.77. The Bertz CT molecular complexity index is 770. The molecule has 0 aromatic heterocycles. The van der Waals surface area contributed by atoms with Crippen LogP contribution in [-0.4, -0.2) is 47.4 Å². The van der Waals surface area contributed by atoms with Crippen molar-refractivity contribution in [2.75, 3.05) is 18.5 Å². The van der Waals surface area contributed by atoms with E-state index in [1.54, 1.807) is 13.8 Å². The number of carbonyl (C=O) groups is 4. The van der Waals surface area contributed by atoms with E-state index in [0.29, 0.717) is 6.42 Å². The molecule has 2 rings (SSSR count). The SMILES string of the molecule is CCc1cccc(CC)c1NC(=O)COC(=O)CN1C(=O)N[C@](C)(CC)C1=O. The molecule has 0 saturated carbocycles. The Hall–Kier alpha value is -2.90. The Labute approximate surface area is 164 Å². The number of para-hydroxylation sites is 1. The highest BCUT2D eigenvalue weighted by Crippen LogP contribution is 2.23. The van der Waals surface area contributed by atoms with Gasteiger partial charge < -0.3 is 15.4 Å². The number of urea groups is 1. The van der Waals surface area contributed by atoms with Crippen LogP contribution < -0.4 is 10.6 Å². The fraction of sp³-hybridized carbons (Fsp3) is 0.500. The number of anilines is 1. The number of hydrogen-bond acceptors (Lipinski definition) is 5. The van der Waals surface area contributed by atoms with Crippen LogP contribution in [0, 0.1) is 0 Å². The standard InChI is InChI=1S/C20H27N3O5/c1-5-13-9-8-10-14(6-2)17(13)21-15(24)12-28-16(25)11-23-18(26)20(4,7-3)22-19(23)27/h8-10H,5-7,11-12H2,1-4H3,(H,21,24)(H,22,27)/t20-/m1/s1. The summed E-state index contributed by atoms with van der Waals surface area (Å²) >= 11 is 0. The molecule has 0 radical (unpaired) electrons. The predicted molar refractivity (Wildman–Crippen MR) is 104 cm³/mol. The maximum absolute atomic E-state index is 12.3. The van der Waals surface area contributed by atoms with E-state index in [0.717, 1.165) is 34.6 Å². The molecule has 1 aromatic rings. The van der Waals surface area contributed by atoms with Crippen LogP contribution >= 0.6 is 0 Å². The van der Waals surface area contributed by atoms with Crippen LogP contribution in [-0.2, 0) is 32.0 Å². The van der Waals surface area contributed by atoms with Crippen LogP contribution in [0.25, 0.3) is 0 Å². The van der Waals surface area contributed by atoms with Gasteiger partial charge in [0, 0.05) is 5.69 Å². The molecule has 1 aliphatic rings. The van der Waals surface area contributed by atoms with Gasteiger partial charge in [0.25, 0.3) is 11.8 Å². The Morgan fingerprint density at radius 1 is 1.14 bits per heavy atom. The fourth-order valence-electron chi connectivity index (χ4n) is 3.03. The lowest BCUT2D eigenvalue weighted by Crippen LogP contribution is -2.43. The number of benzene rings is 1. The molecule has 152 valence electrons. The van der Waals surface area contributed by atoms with Crippen LogP contribution in [0.1, 0.15) is 45.2 Å². The molecule has 28 heavy (non-hydrogen) atoms. The van der Waals surface area contributed by atoms with Gasteiger partial charge in [-0.25, -0.2) is 4.79 Å². The van der Waals surface area contributed by atoms with Crippen molar-refractivity contribution in [3.05, 3.63) is 29.3 Å². The third-order valence-corrected chi connectivity index (χ3v) is 4.97. The molecule has 1 fully saturated rings. The third-order valence-electron chi connectivity index (χ3n) is 4.97. The fourth-order valence-corrected chi connectivity index (χ4v) is 3.03. The Morgan fingerprint density at radius 2 is 1.75 bits per heavy atom. The lowest BCUT2D eigenvalue weighted by atomic mass is 9.99. The second kappa shape index (κ2) is 8.86. The zero-order valence-corrected chi connectivity index (χ0v) is 16.8. The van der Waals surface area contributed by atoms with Gasteiger partial charge in [-0.1, -0.05) is 39.0 Å². The van der Waals surface area contributed by atoms with Gasteiger partial charge >= 0.3 is 12.0 Å². The smallest absolute Gasteiger partial charge is 0.326 e. The van der Waals surface area contributed by atoms with Gasteiger partial charge in [0.05, 0.1) is 0 Å². The first-order valence-corrected chi connectivity index (χ1v) is 9.46. The van der Waals surface area contributed by atoms with E-state index in [2.05, 4.69) is 10.6 Å². The molecular formula is C20H27N3O5. The second-order valence-electron chi connectivity index (χ2n) is 6.87. The van der Waals surface area contributed by atoms with Gasteiger partial charge in [0.15, 0.2) is 6.61 Å². The minimum Gasteiger partial charge on any atom is -0.454 e. The summed E-state index contributed by atoms with van der Waals surface area (Å²) in [4.78, 5) is 49.2. The molecule has 8 heteroatoms. The number of aryl methyl sites for hydroxylation is 2. The highest BCUT2D eigenvalue weighted by atomic mass is 16.5. The van der Waals surface area contributed by atoms with Gasteiger partial charge in [-0.3, -0.25) is 19.3 Å². The van der Waals surface area contributed by atoms with Crippen molar-refractivity contribution >= 4 is 29.5 Å². The minimum atomic E-state index is -1.02. The molecule has 0 spiro atoms. The van der Waals surface area contributed by atoms with E-state index in [9.17, 15) is 19.2 Å². The summed E-state index contributed by atoms with van der Waals surface area (Å²) in [7, 11) is 0. The predicted octanol–water partition coefficient (Wildman–Crippen LogP) is 2.01. The molecule has 1 atom stereocenters. The number of rotatable bonds is 8. The molecule has 8 nitrogen and oxygen atoms in total. The van der Waals surface area contributed by atoms with Crippen molar-refractivity contribution in [3.8, 4) is 0 Å². The van der Waals surface area contributed by atoms with E-state index in [-0.39, 0.29) is 0 Å². The summed E-state index contributed by atoms with van der Waals surface area (Å²) in [6.07, 6.45) is 1.92. The molecule has 0 aliphatic carbocycles. The highest BCUT2D eigenvalue weighted by molar-refractivity contribution is 6.08. The number of ether oxygens (including phenoxy) is 1. The zero-order chi connectivity index (χ0) is 20.9. The van der Waals surface area contributed by atoms with Crippen LogP contribution in [0.15, 0.2) is 18.2 Å². The van der Waals surface area contributed by atoms with Crippen molar-refractivity contribution in [2.45, 2.75) is 52.5 Å². The third kappa shape index (κ3) is 4.49. The van der Waals surface area contributed by atoms with Crippen molar-refractivity contribution in [3.63, 3.8) is 0 Å². The van der Waals surface area contributed by atoms with E-state index in [4.69, 9.17) is 4.74 Å². The van der Waals surface area contributed by atoms with Gasteiger partial charge in [-0.15, -0.1) is 0 Å². The first-order chi connectivity index (χ1) is 13.3. The van der Waals surface area contributed by atoms with Gasteiger partial charge in [0.1, 0.15) is 12.1 Å². The topological polar surface area (TPSA) is 105 Å². The molecule has 0 unspecified atom stereocenters. The average molecular weight is 389 g/mol. The number of carbonyl (C=O) groups excluding carboxylic acids is 4. The van der Waals surface area contributed by atoms with E-state index >= 15 is 0 Å². The minimum absolute atomic E-state index is 0.405.